The van der Waals surface area contributed by atoms with Crippen molar-refractivity contribution in [2.75, 3.05) is 62.7 Å². The fourth-order valence-corrected chi connectivity index (χ4v) is 5.92. The van der Waals surface area contributed by atoms with Gasteiger partial charge >= 0.3 is 0 Å². The fourth-order valence-electron chi connectivity index (χ4n) is 5.92. The predicted octanol–water partition coefficient (Wildman–Crippen LogP) is 3.23. The second-order valence-corrected chi connectivity index (χ2v) is 10.2. The van der Waals surface area contributed by atoms with Gasteiger partial charge in [0.2, 0.25) is 5.91 Å². The lowest BCUT2D eigenvalue weighted by Crippen LogP contribution is -2.54. The van der Waals surface area contributed by atoms with Crippen molar-refractivity contribution < 1.29 is 18.7 Å². The Bertz CT molecular complexity index is 1190. The Kier molecular flexibility index (Phi) is 6.46. The highest BCUT2D eigenvalue weighted by Crippen LogP contribution is 2.44. The minimum atomic E-state index is -0.416. The molecule has 1 atom stereocenters. The number of nitrogens with zero attached hydrogens (tertiary/aromatic N) is 5. The van der Waals surface area contributed by atoms with Crippen molar-refractivity contribution in [1.29, 1.82) is 0 Å². The van der Waals surface area contributed by atoms with Crippen LogP contribution in [0.2, 0.25) is 0 Å². The third-order valence-electron chi connectivity index (χ3n) is 8.04. The molecule has 10 heteroatoms. The van der Waals surface area contributed by atoms with Crippen LogP contribution in [-0.2, 0) is 9.53 Å². The monoisotopic (exact) mass is 508 g/mol. The van der Waals surface area contributed by atoms with E-state index in [4.69, 9.17) is 9.47 Å². The van der Waals surface area contributed by atoms with Crippen LogP contribution in [0.15, 0.2) is 31.1 Å². The molecular weight excluding hydrogens is 475 g/mol. The Labute approximate surface area is 216 Å². The third-order valence-corrected chi connectivity index (χ3v) is 8.04. The van der Waals surface area contributed by atoms with Gasteiger partial charge in [-0.1, -0.05) is 6.58 Å². The molecule has 1 N–H and O–H groups in total. The molecule has 3 saturated heterocycles. The van der Waals surface area contributed by atoms with Gasteiger partial charge in [-0.05, 0) is 43.5 Å². The number of morpholine rings is 1. The van der Waals surface area contributed by atoms with E-state index in [0.717, 1.165) is 69.1 Å². The molecule has 0 aliphatic carbocycles. The van der Waals surface area contributed by atoms with Crippen molar-refractivity contribution in [3.05, 3.63) is 48.1 Å². The standard InChI is InChI=1S/C27H33FN6O3/c1-3-23(35)32-6-4-20(5-7-32)34-14-19(15-34)18-12-21(28)25-22(13-18)31-26-24(17(2)37-25)27(30-16-29-26)33-8-10-36-11-9-33/h3,12-13,16-17,19-20H,1,4-11,14-15H2,2H3,(H,29,30,31)/t17-/m0/s1. The zero-order valence-corrected chi connectivity index (χ0v) is 21.2. The molecule has 1 aromatic carbocycles. The van der Waals surface area contributed by atoms with Crippen molar-refractivity contribution >= 4 is 23.2 Å². The molecule has 0 spiro atoms. The maximum absolute atomic E-state index is 15.4. The molecule has 6 rings (SSSR count). The lowest BCUT2D eigenvalue weighted by atomic mass is 9.87. The van der Waals surface area contributed by atoms with Crippen molar-refractivity contribution in [3.8, 4) is 5.75 Å². The van der Waals surface area contributed by atoms with E-state index in [9.17, 15) is 4.79 Å². The zero-order chi connectivity index (χ0) is 25.5. The Morgan fingerprint density at radius 3 is 2.65 bits per heavy atom. The molecule has 196 valence electrons. The Morgan fingerprint density at radius 2 is 1.92 bits per heavy atom. The van der Waals surface area contributed by atoms with Crippen LogP contribution in [-0.4, -0.2) is 84.2 Å². The number of anilines is 3. The average molecular weight is 509 g/mol. The number of hydrogen-bond donors (Lipinski definition) is 1. The van der Waals surface area contributed by atoms with E-state index < -0.39 is 6.10 Å². The first-order valence-electron chi connectivity index (χ1n) is 13.1. The smallest absolute Gasteiger partial charge is 0.245 e. The minimum absolute atomic E-state index is 0.00772. The quantitative estimate of drug-likeness (QED) is 0.631. The van der Waals surface area contributed by atoms with Crippen LogP contribution in [0.4, 0.5) is 21.7 Å². The molecule has 1 amide bonds. The number of ether oxygens (including phenoxy) is 2. The summed E-state index contributed by atoms with van der Waals surface area (Å²) in [4.78, 5) is 27.4. The summed E-state index contributed by atoms with van der Waals surface area (Å²) in [6.45, 7) is 11.6. The molecule has 0 radical (unpaired) electrons. The molecule has 9 nitrogen and oxygen atoms in total. The largest absolute Gasteiger partial charge is 0.480 e. The van der Waals surface area contributed by atoms with Crippen LogP contribution in [0, 0.1) is 5.82 Å². The number of carbonyl (C=O) groups is 1. The maximum Gasteiger partial charge on any atom is 0.245 e. The van der Waals surface area contributed by atoms with Crippen molar-refractivity contribution in [2.24, 2.45) is 0 Å². The highest BCUT2D eigenvalue weighted by atomic mass is 19.1. The van der Waals surface area contributed by atoms with Crippen molar-refractivity contribution in [3.63, 3.8) is 0 Å². The van der Waals surface area contributed by atoms with Gasteiger partial charge in [-0.15, -0.1) is 0 Å². The number of piperidine rings is 1. The topological polar surface area (TPSA) is 83.1 Å². The van der Waals surface area contributed by atoms with Crippen LogP contribution in [0.1, 0.15) is 42.9 Å². The summed E-state index contributed by atoms with van der Waals surface area (Å²) >= 11 is 0. The first-order chi connectivity index (χ1) is 18.0. The van der Waals surface area contributed by atoms with Gasteiger partial charge < -0.3 is 24.6 Å². The summed E-state index contributed by atoms with van der Waals surface area (Å²) in [6, 6.07) is 4.08. The van der Waals surface area contributed by atoms with E-state index in [-0.39, 0.29) is 23.4 Å². The average Bonchev–Trinajstić information content (AvgIpc) is 3.04. The fraction of sp³-hybridized carbons (Fsp3) is 0.519. The Balaban J connectivity index is 1.18. The predicted molar refractivity (Wildman–Crippen MR) is 138 cm³/mol. The summed E-state index contributed by atoms with van der Waals surface area (Å²) in [7, 11) is 0. The van der Waals surface area contributed by atoms with Crippen molar-refractivity contribution in [1.82, 2.24) is 19.8 Å². The summed E-state index contributed by atoms with van der Waals surface area (Å²) in [5.41, 5.74) is 2.39. The van der Waals surface area contributed by atoms with Crippen molar-refractivity contribution in [2.45, 2.75) is 37.8 Å². The number of carbonyl (C=O) groups excluding carboxylic acids is 1. The number of fused-ring (bicyclic) bond motifs is 2. The molecule has 0 bridgehead atoms. The van der Waals surface area contributed by atoms with E-state index in [1.807, 2.05) is 17.9 Å². The lowest BCUT2D eigenvalue weighted by molar-refractivity contribution is -0.127. The Morgan fingerprint density at radius 1 is 1.16 bits per heavy atom. The SMILES string of the molecule is C=CC(=O)N1CCC(N2CC(c3cc(F)c4c(c3)Nc3ncnc(N5CCOCC5)c3[C@H](C)O4)C2)CC1. The molecule has 1 aromatic heterocycles. The van der Waals surface area contributed by atoms with E-state index >= 15 is 4.39 Å². The van der Waals surface area contributed by atoms with E-state index in [2.05, 4.69) is 31.7 Å². The molecule has 0 unspecified atom stereocenters. The molecule has 2 aromatic rings. The molecule has 0 saturated carbocycles. The van der Waals surface area contributed by atoms with Crippen LogP contribution in [0.3, 0.4) is 0 Å². The molecular formula is C27H33FN6O3. The number of amides is 1. The van der Waals surface area contributed by atoms with E-state index in [1.165, 1.54) is 6.08 Å². The zero-order valence-electron chi connectivity index (χ0n) is 21.2. The molecule has 3 fully saturated rings. The highest BCUT2D eigenvalue weighted by molar-refractivity contribution is 5.87. The lowest BCUT2D eigenvalue weighted by Gasteiger charge is -2.47. The minimum Gasteiger partial charge on any atom is -0.480 e. The summed E-state index contributed by atoms with van der Waals surface area (Å²) < 4.78 is 27.1. The maximum atomic E-state index is 15.4. The Hall–Kier alpha value is -3.24. The van der Waals surface area contributed by atoms with Gasteiger partial charge in [-0.3, -0.25) is 9.69 Å². The van der Waals surface area contributed by atoms with Gasteiger partial charge in [0.05, 0.1) is 24.5 Å². The van der Waals surface area contributed by atoms with Gasteiger partial charge in [-0.2, -0.15) is 0 Å². The summed E-state index contributed by atoms with van der Waals surface area (Å²) in [6.07, 6.45) is 4.44. The second kappa shape index (κ2) is 9.90. The van der Waals surface area contributed by atoms with Crippen LogP contribution >= 0.6 is 0 Å². The van der Waals surface area contributed by atoms with Crippen LogP contribution in [0.5, 0.6) is 5.75 Å². The van der Waals surface area contributed by atoms with Gasteiger partial charge in [0.15, 0.2) is 11.6 Å². The number of aromatic nitrogens is 2. The third kappa shape index (κ3) is 4.53. The van der Waals surface area contributed by atoms with Crippen LogP contribution < -0.4 is 15.0 Å². The first kappa shape index (κ1) is 24.1. The highest BCUT2D eigenvalue weighted by Gasteiger charge is 2.37. The number of hydrogen-bond acceptors (Lipinski definition) is 8. The number of benzene rings is 1. The molecule has 4 aliphatic heterocycles. The second-order valence-electron chi connectivity index (χ2n) is 10.2. The van der Waals surface area contributed by atoms with Gasteiger partial charge in [0.25, 0.3) is 0 Å². The van der Waals surface area contributed by atoms with Crippen LogP contribution in [0.25, 0.3) is 0 Å². The van der Waals surface area contributed by atoms with E-state index in [0.29, 0.717) is 30.8 Å². The van der Waals surface area contributed by atoms with Gasteiger partial charge in [-0.25, -0.2) is 14.4 Å². The normalized spacial score (nSPS) is 22.7. The molecule has 5 heterocycles. The number of rotatable bonds is 4. The van der Waals surface area contributed by atoms with Gasteiger partial charge in [0, 0.05) is 51.2 Å². The van der Waals surface area contributed by atoms with Gasteiger partial charge in [0.1, 0.15) is 24.1 Å². The first-order valence-corrected chi connectivity index (χ1v) is 13.1. The summed E-state index contributed by atoms with van der Waals surface area (Å²) in [5.74, 6) is 1.57. The number of nitrogens with one attached hydrogen (secondary N) is 1. The number of halogens is 1. The molecule has 4 aliphatic rings. The molecule has 37 heavy (non-hydrogen) atoms. The summed E-state index contributed by atoms with van der Waals surface area (Å²) in [5, 5.41) is 3.36. The number of likely N-dealkylation sites (tertiary alicyclic amines) is 2. The van der Waals surface area contributed by atoms with E-state index in [1.54, 1.807) is 12.4 Å².